The Kier molecular flexibility index (Phi) is 7.10. The van der Waals surface area contributed by atoms with Gasteiger partial charge in [0, 0.05) is 44.3 Å². The minimum Gasteiger partial charge on any atom is -0.454 e. The third-order valence-corrected chi connectivity index (χ3v) is 9.92. The third-order valence-electron chi connectivity index (χ3n) is 9.92. The molecule has 0 radical (unpaired) electrons. The lowest BCUT2D eigenvalue weighted by Crippen LogP contribution is -2.14. The summed E-state index contributed by atoms with van der Waals surface area (Å²) in [5, 5.41) is 4.55. The van der Waals surface area contributed by atoms with Crippen LogP contribution in [-0.2, 0) is 0 Å². The summed E-state index contributed by atoms with van der Waals surface area (Å²) in [6.07, 6.45) is 0. The highest BCUT2D eigenvalue weighted by molar-refractivity contribution is 6.18. The Morgan fingerprint density at radius 2 is 0.885 bits per heavy atom. The van der Waals surface area contributed by atoms with Gasteiger partial charge in [-0.05, 0) is 78.9 Å². The zero-order chi connectivity index (χ0) is 34.4. The van der Waals surface area contributed by atoms with Gasteiger partial charge in [0.1, 0.15) is 5.58 Å². The smallest absolute Gasteiger partial charge is 0.159 e. The number of nitrogens with zero attached hydrogens (tertiary/aromatic N) is 3. The maximum atomic E-state index is 6.70. The van der Waals surface area contributed by atoms with Crippen molar-refractivity contribution in [3.63, 3.8) is 0 Å². The molecule has 246 valence electrons. The number of aromatic nitrogens is 1. The summed E-state index contributed by atoms with van der Waals surface area (Å²) >= 11 is 0. The van der Waals surface area contributed by atoms with Crippen LogP contribution in [0.3, 0.4) is 0 Å². The first-order chi connectivity index (χ1) is 25.8. The molecule has 0 fully saturated rings. The van der Waals surface area contributed by atoms with Gasteiger partial charge in [-0.25, -0.2) is 0 Å². The molecule has 52 heavy (non-hydrogen) atoms. The van der Waals surface area contributed by atoms with Crippen LogP contribution in [0.25, 0.3) is 49.4 Å². The van der Waals surface area contributed by atoms with Crippen LogP contribution >= 0.6 is 0 Å². The van der Waals surface area contributed by atoms with Crippen LogP contribution in [0, 0.1) is 0 Å². The van der Waals surface area contributed by atoms with Crippen molar-refractivity contribution in [3.8, 4) is 5.69 Å². The van der Waals surface area contributed by atoms with Crippen LogP contribution in [0.15, 0.2) is 205 Å². The summed E-state index contributed by atoms with van der Waals surface area (Å²) < 4.78 is 9.09. The summed E-state index contributed by atoms with van der Waals surface area (Å²) in [7, 11) is 0. The van der Waals surface area contributed by atoms with Crippen molar-refractivity contribution < 1.29 is 4.42 Å². The Morgan fingerprint density at radius 3 is 1.54 bits per heavy atom. The minimum atomic E-state index is 0.848. The highest BCUT2D eigenvalue weighted by atomic mass is 16.3. The minimum absolute atomic E-state index is 0.848. The SMILES string of the molecule is c1ccc(N(c2cc(N(c3ccccc3)c3ccccc3)c3c4ccccc4n(-c4ccccc4)c3c2)c2cccc3c2oc2ccccc23)cc1. The van der Waals surface area contributed by atoms with Crippen molar-refractivity contribution in [2.24, 2.45) is 0 Å². The quantitative estimate of drug-likeness (QED) is 0.169. The van der Waals surface area contributed by atoms with E-state index in [4.69, 9.17) is 4.42 Å². The molecule has 0 aliphatic rings. The molecule has 0 amide bonds. The fourth-order valence-electron chi connectivity index (χ4n) is 7.71. The molecule has 0 saturated heterocycles. The van der Waals surface area contributed by atoms with E-state index in [-0.39, 0.29) is 0 Å². The van der Waals surface area contributed by atoms with E-state index in [1.165, 1.54) is 10.8 Å². The monoisotopic (exact) mass is 667 g/mol. The molecule has 0 unspecified atom stereocenters. The van der Waals surface area contributed by atoms with Gasteiger partial charge in [-0.2, -0.15) is 0 Å². The first kappa shape index (κ1) is 29.8. The second-order valence-corrected chi connectivity index (χ2v) is 13.0. The van der Waals surface area contributed by atoms with Crippen LogP contribution in [0.5, 0.6) is 0 Å². The molecule has 8 aromatic carbocycles. The number of rotatable bonds is 7. The Hall–Kier alpha value is -7.04. The highest BCUT2D eigenvalue weighted by Gasteiger charge is 2.26. The summed E-state index contributed by atoms with van der Waals surface area (Å²) in [6, 6.07) is 70.8. The lowest BCUT2D eigenvalue weighted by Gasteiger charge is -2.30. The molecule has 0 aliphatic heterocycles. The number of furan rings is 1. The second-order valence-electron chi connectivity index (χ2n) is 13.0. The van der Waals surface area contributed by atoms with Crippen molar-refractivity contribution >= 4 is 77.9 Å². The fraction of sp³-hybridized carbons (Fsp3) is 0. The van der Waals surface area contributed by atoms with Crippen LogP contribution in [0.4, 0.5) is 34.1 Å². The molecule has 4 nitrogen and oxygen atoms in total. The van der Waals surface area contributed by atoms with Gasteiger partial charge in [0.15, 0.2) is 5.58 Å². The first-order valence-corrected chi connectivity index (χ1v) is 17.6. The highest BCUT2D eigenvalue weighted by Crippen LogP contribution is 2.49. The average Bonchev–Trinajstić information content (AvgIpc) is 3.76. The van der Waals surface area contributed by atoms with Crippen LogP contribution in [-0.4, -0.2) is 4.57 Å². The van der Waals surface area contributed by atoms with Gasteiger partial charge in [-0.3, -0.25) is 0 Å². The van der Waals surface area contributed by atoms with Gasteiger partial charge in [0.2, 0.25) is 0 Å². The van der Waals surface area contributed by atoms with E-state index in [0.717, 1.165) is 72.8 Å². The van der Waals surface area contributed by atoms with E-state index in [1.807, 2.05) is 12.1 Å². The standard InChI is InChI=1S/C48H33N3O/c1-5-18-34(19-6-1)49(35-20-7-2-8-21-35)44-32-38(33-45-47(44)41-27-13-15-29-42(41)51(45)37-24-11-4-12-25-37)50(36-22-9-3-10-23-36)43-30-17-28-40-39-26-14-16-31-46(39)52-48(40)43/h1-33H. The molecule has 2 aromatic heterocycles. The van der Waals surface area contributed by atoms with Gasteiger partial charge < -0.3 is 18.8 Å². The van der Waals surface area contributed by atoms with E-state index in [1.54, 1.807) is 0 Å². The van der Waals surface area contributed by atoms with E-state index < -0.39 is 0 Å². The zero-order valence-electron chi connectivity index (χ0n) is 28.3. The molecule has 0 spiro atoms. The largest absolute Gasteiger partial charge is 0.454 e. The Labute approximate surface area is 301 Å². The number of para-hydroxylation sites is 7. The Bertz CT molecular complexity index is 2800. The maximum absolute atomic E-state index is 6.70. The van der Waals surface area contributed by atoms with Crippen LogP contribution in [0.2, 0.25) is 0 Å². The van der Waals surface area contributed by atoms with Crippen molar-refractivity contribution in [2.75, 3.05) is 9.80 Å². The van der Waals surface area contributed by atoms with Gasteiger partial charge in [-0.15, -0.1) is 0 Å². The van der Waals surface area contributed by atoms with Gasteiger partial charge in [0.25, 0.3) is 0 Å². The number of benzene rings is 8. The molecule has 0 N–H and O–H groups in total. The number of hydrogen-bond donors (Lipinski definition) is 0. The topological polar surface area (TPSA) is 24.6 Å². The van der Waals surface area contributed by atoms with Gasteiger partial charge in [-0.1, -0.05) is 121 Å². The lowest BCUT2D eigenvalue weighted by atomic mass is 10.0. The van der Waals surface area contributed by atoms with E-state index in [0.29, 0.717) is 0 Å². The molecule has 0 aliphatic carbocycles. The van der Waals surface area contributed by atoms with E-state index in [2.05, 4.69) is 202 Å². The molecule has 0 saturated carbocycles. The van der Waals surface area contributed by atoms with Crippen molar-refractivity contribution in [1.29, 1.82) is 0 Å². The Balaban J connectivity index is 1.36. The van der Waals surface area contributed by atoms with Crippen LogP contribution < -0.4 is 9.80 Å². The molecular weight excluding hydrogens is 635 g/mol. The van der Waals surface area contributed by atoms with E-state index in [9.17, 15) is 0 Å². The molecule has 0 atom stereocenters. The predicted octanol–water partition coefficient (Wildman–Crippen LogP) is 13.6. The third kappa shape index (κ3) is 4.84. The summed E-state index contributed by atoms with van der Waals surface area (Å²) in [4.78, 5) is 4.73. The number of anilines is 6. The van der Waals surface area contributed by atoms with Crippen molar-refractivity contribution in [3.05, 3.63) is 200 Å². The maximum Gasteiger partial charge on any atom is 0.159 e. The second kappa shape index (κ2) is 12.4. The summed E-state index contributed by atoms with van der Waals surface area (Å²) in [6.45, 7) is 0. The van der Waals surface area contributed by atoms with Gasteiger partial charge >= 0.3 is 0 Å². The first-order valence-electron chi connectivity index (χ1n) is 17.6. The van der Waals surface area contributed by atoms with Crippen LogP contribution in [0.1, 0.15) is 0 Å². The van der Waals surface area contributed by atoms with Gasteiger partial charge in [0.05, 0.1) is 28.1 Å². The summed E-state index contributed by atoms with van der Waals surface area (Å²) in [5.41, 5.74) is 11.3. The number of hydrogen-bond acceptors (Lipinski definition) is 3. The molecular formula is C48H33N3O. The molecule has 10 rings (SSSR count). The molecule has 10 aromatic rings. The summed E-state index contributed by atoms with van der Waals surface area (Å²) in [5.74, 6) is 0. The Morgan fingerprint density at radius 1 is 0.365 bits per heavy atom. The normalized spacial score (nSPS) is 11.5. The molecule has 2 heterocycles. The predicted molar refractivity (Wildman–Crippen MR) is 217 cm³/mol. The lowest BCUT2D eigenvalue weighted by molar-refractivity contribution is 0.669. The number of fused-ring (bicyclic) bond motifs is 6. The zero-order valence-corrected chi connectivity index (χ0v) is 28.3. The van der Waals surface area contributed by atoms with Crippen molar-refractivity contribution in [1.82, 2.24) is 4.57 Å². The molecule has 4 heteroatoms. The average molecular weight is 668 g/mol. The molecule has 0 bridgehead atoms. The van der Waals surface area contributed by atoms with Crippen molar-refractivity contribution in [2.45, 2.75) is 0 Å². The van der Waals surface area contributed by atoms with E-state index >= 15 is 0 Å². The fourth-order valence-corrected chi connectivity index (χ4v) is 7.71.